The highest BCUT2D eigenvalue weighted by molar-refractivity contribution is 5.99. The Morgan fingerprint density at radius 1 is 0.682 bits per heavy atom. The van der Waals surface area contributed by atoms with Gasteiger partial charge in [0.05, 0.1) is 0 Å². The number of hydrogen-bond acceptors (Lipinski definition) is 2. The molecule has 0 aromatic heterocycles. The van der Waals surface area contributed by atoms with Crippen molar-refractivity contribution in [2.45, 2.75) is 133 Å². The van der Waals surface area contributed by atoms with Gasteiger partial charge in [0.1, 0.15) is 5.75 Å². The third-order valence-electron chi connectivity index (χ3n) is 7.75. The van der Waals surface area contributed by atoms with Gasteiger partial charge in [0.2, 0.25) is 5.91 Å². The van der Waals surface area contributed by atoms with Gasteiger partial charge in [-0.1, -0.05) is 105 Å². The number of phenols is 1. The van der Waals surface area contributed by atoms with E-state index < -0.39 is 0 Å². The van der Waals surface area contributed by atoms with Gasteiger partial charge >= 0.3 is 0 Å². The molecule has 0 unspecified atom stereocenters. The lowest BCUT2D eigenvalue weighted by atomic mass is 9.91. The van der Waals surface area contributed by atoms with E-state index in [1.165, 1.54) is 50.6 Å². The Hall–Kier alpha value is -3.33. The maximum Gasteiger partial charge on any atom is 0.247 e. The van der Waals surface area contributed by atoms with Gasteiger partial charge < -0.3 is 10.4 Å². The molecule has 44 heavy (non-hydrogen) atoms. The van der Waals surface area contributed by atoms with E-state index in [-0.39, 0.29) is 5.91 Å². The first-order valence-corrected chi connectivity index (χ1v) is 16.5. The van der Waals surface area contributed by atoms with E-state index in [0.29, 0.717) is 23.5 Å². The minimum Gasteiger partial charge on any atom is -0.508 e. The van der Waals surface area contributed by atoms with Crippen molar-refractivity contribution in [1.82, 2.24) is 0 Å². The third-order valence-corrected chi connectivity index (χ3v) is 7.75. The first-order chi connectivity index (χ1) is 20.6. The van der Waals surface area contributed by atoms with E-state index >= 15 is 0 Å². The molecule has 0 atom stereocenters. The van der Waals surface area contributed by atoms with E-state index in [1.54, 1.807) is 0 Å². The molecule has 3 heteroatoms. The Kier molecular flexibility index (Phi) is 16.2. The summed E-state index contributed by atoms with van der Waals surface area (Å²) in [5, 5.41) is 12.8. The number of amides is 1. The Balaban J connectivity index is 0.000000337. The van der Waals surface area contributed by atoms with Crippen LogP contribution in [-0.4, -0.2) is 11.0 Å². The molecule has 2 N–H and O–H groups in total. The summed E-state index contributed by atoms with van der Waals surface area (Å²) in [5.74, 6) is 1.75. The maximum absolute atomic E-state index is 11.5. The predicted octanol–water partition coefficient (Wildman–Crippen LogP) is 11.7. The van der Waals surface area contributed by atoms with Gasteiger partial charge in [0.25, 0.3) is 0 Å². The average Bonchev–Trinajstić information content (AvgIpc) is 2.87. The molecule has 0 radical (unpaired) electrons. The topological polar surface area (TPSA) is 49.3 Å². The molecule has 0 aliphatic heterocycles. The number of anilines is 1. The van der Waals surface area contributed by atoms with Gasteiger partial charge in [0.15, 0.2) is 0 Å². The summed E-state index contributed by atoms with van der Waals surface area (Å²) in [6, 6.07) is 12.8. The number of carbonyl (C=O) groups is 1. The largest absolute Gasteiger partial charge is 0.508 e. The Bertz CT molecular complexity index is 1350. The molecule has 0 aliphatic rings. The van der Waals surface area contributed by atoms with Crippen LogP contribution in [0, 0.1) is 34.6 Å². The second kappa shape index (κ2) is 18.5. The number of aryl methyl sites for hydroxylation is 7. The number of aromatic hydroxyl groups is 1. The lowest BCUT2D eigenvalue weighted by Gasteiger charge is -2.19. The van der Waals surface area contributed by atoms with Crippen LogP contribution in [0.3, 0.4) is 0 Å². The Labute approximate surface area is 270 Å². The molecule has 3 nitrogen and oxygen atoms in total. The van der Waals surface area contributed by atoms with E-state index in [2.05, 4.69) is 119 Å². The number of phenolic OH excluding ortho intramolecular Hbond substituents is 1. The van der Waals surface area contributed by atoms with Crippen molar-refractivity contribution in [3.05, 3.63) is 105 Å². The van der Waals surface area contributed by atoms with Crippen molar-refractivity contribution in [2.24, 2.45) is 0 Å². The molecule has 0 aliphatic carbocycles. The fourth-order valence-corrected chi connectivity index (χ4v) is 6.41. The SMILES string of the molecule is C=CC(=O)Nc1cc(C)cc(CCC)c1C(C)C.CCCc1cc(C)cc(O)c1C(C)C.Cc1cc(C)c(C(C)C)c(C)c1. The van der Waals surface area contributed by atoms with Crippen LogP contribution in [0.1, 0.15) is 142 Å². The lowest BCUT2D eigenvalue weighted by molar-refractivity contribution is -0.111. The Morgan fingerprint density at radius 3 is 1.50 bits per heavy atom. The first-order valence-electron chi connectivity index (χ1n) is 16.5. The lowest BCUT2D eigenvalue weighted by Crippen LogP contribution is -2.12. The van der Waals surface area contributed by atoms with Gasteiger partial charge in [-0.15, -0.1) is 0 Å². The summed E-state index contributed by atoms with van der Waals surface area (Å²) in [6.45, 7) is 31.6. The first kappa shape index (κ1) is 38.7. The quantitative estimate of drug-likeness (QED) is 0.240. The van der Waals surface area contributed by atoms with Gasteiger partial charge in [-0.05, 0) is 133 Å². The van der Waals surface area contributed by atoms with Crippen LogP contribution in [0.25, 0.3) is 0 Å². The average molecular weight is 600 g/mol. The highest BCUT2D eigenvalue weighted by atomic mass is 16.3. The molecule has 0 spiro atoms. The van der Waals surface area contributed by atoms with E-state index in [9.17, 15) is 9.90 Å². The normalized spacial score (nSPS) is 10.7. The van der Waals surface area contributed by atoms with E-state index in [4.69, 9.17) is 0 Å². The number of nitrogens with one attached hydrogen (secondary N) is 1. The van der Waals surface area contributed by atoms with Crippen molar-refractivity contribution in [3.8, 4) is 5.75 Å². The molecule has 3 aromatic rings. The van der Waals surface area contributed by atoms with Crippen molar-refractivity contribution in [2.75, 3.05) is 5.32 Å². The minimum absolute atomic E-state index is 0.148. The van der Waals surface area contributed by atoms with E-state index in [0.717, 1.165) is 42.5 Å². The smallest absolute Gasteiger partial charge is 0.247 e. The zero-order chi connectivity index (χ0) is 33.7. The van der Waals surface area contributed by atoms with Crippen LogP contribution >= 0.6 is 0 Å². The summed E-state index contributed by atoms with van der Waals surface area (Å²) in [5.41, 5.74) is 14.0. The monoisotopic (exact) mass is 599 g/mol. The summed E-state index contributed by atoms with van der Waals surface area (Å²) in [4.78, 5) is 11.5. The summed E-state index contributed by atoms with van der Waals surface area (Å²) >= 11 is 0. The molecule has 0 saturated carbocycles. The third kappa shape index (κ3) is 11.6. The molecular weight excluding hydrogens is 538 g/mol. The Morgan fingerprint density at radius 2 is 1.09 bits per heavy atom. The highest BCUT2D eigenvalue weighted by Gasteiger charge is 2.14. The molecule has 242 valence electrons. The number of benzene rings is 3. The van der Waals surface area contributed by atoms with Crippen LogP contribution < -0.4 is 5.32 Å². The van der Waals surface area contributed by atoms with E-state index in [1.807, 2.05) is 19.1 Å². The standard InChI is InChI=1S/C16H23NO.C13H20O.C12H18/c1-6-8-13-9-12(5)10-14(16(13)11(3)4)17-15(18)7-2;1-5-6-11-7-10(4)8-12(14)13(11)9(2)3;1-8(2)12-10(4)6-9(3)7-11(12)5/h7,9-11H,2,6,8H2,1,3-5H3,(H,17,18);7-9,14H,5-6H2,1-4H3;6-8H,1-5H3. The molecule has 0 saturated heterocycles. The highest BCUT2D eigenvalue weighted by Crippen LogP contribution is 2.32. The molecule has 3 rings (SSSR count). The van der Waals surface area contributed by atoms with Crippen LogP contribution in [0.2, 0.25) is 0 Å². The van der Waals surface area contributed by atoms with Crippen LogP contribution in [-0.2, 0) is 17.6 Å². The number of carbonyl (C=O) groups excluding carboxylic acids is 1. The zero-order valence-electron chi connectivity index (χ0n) is 30.2. The van der Waals surface area contributed by atoms with Crippen molar-refractivity contribution in [1.29, 1.82) is 0 Å². The van der Waals surface area contributed by atoms with Gasteiger partial charge in [-0.25, -0.2) is 0 Å². The summed E-state index contributed by atoms with van der Waals surface area (Å²) in [6.07, 6.45) is 5.65. The van der Waals surface area contributed by atoms with Gasteiger partial charge in [-0.2, -0.15) is 0 Å². The van der Waals surface area contributed by atoms with Crippen molar-refractivity contribution < 1.29 is 9.90 Å². The van der Waals surface area contributed by atoms with Gasteiger partial charge in [-0.3, -0.25) is 4.79 Å². The maximum atomic E-state index is 11.5. The fourth-order valence-electron chi connectivity index (χ4n) is 6.41. The van der Waals surface area contributed by atoms with Crippen LogP contribution in [0.4, 0.5) is 5.69 Å². The minimum atomic E-state index is -0.148. The van der Waals surface area contributed by atoms with Crippen LogP contribution in [0.15, 0.2) is 49.1 Å². The summed E-state index contributed by atoms with van der Waals surface area (Å²) < 4.78 is 0. The van der Waals surface area contributed by atoms with Crippen LogP contribution in [0.5, 0.6) is 5.75 Å². The number of hydrogen-bond donors (Lipinski definition) is 2. The molecule has 3 aromatic carbocycles. The molecule has 0 bridgehead atoms. The molecule has 1 amide bonds. The molecular formula is C41H61NO2. The molecule has 0 heterocycles. The molecule has 0 fully saturated rings. The predicted molar refractivity (Wildman–Crippen MR) is 194 cm³/mol. The summed E-state index contributed by atoms with van der Waals surface area (Å²) in [7, 11) is 0. The fraction of sp³-hybridized carbons (Fsp3) is 0.488. The van der Waals surface area contributed by atoms with Gasteiger partial charge in [0, 0.05) is 5.69 Å². The number of rotatable bonds is 9. The van der Waals surface area contributed by atoms with Crippen molar-refractivity contribution in [3.63, 3.8) is 0 Å². The second-order valence-corrected chi connectivity index (χ2v) is 13.2. The zero-order valence-corrected chi connectivity index (χ0v) is 30.2. The second-order valence-electron chi connectivity index (χ2n) is 13.2. The van der Waals surface area contributed by atoms with Crippen molar-refractivity contribution >= 4 is 11.6 Å².